The number of rotatable bonds is 4. The Kier molecular flexibility index (Phi) is 4.72. The van der Waals surface area contributed by atoms with Crippen molar-refractivity contribution >= 4 is 5.91 Å². The number of nitrogens with one attached hydrogen (secondary N) is 2. The summed E-state index contributed by atoms with van der Waals surface area (Å²) < 4.78 is 0. The molecule has 2 N–H and O–H groups in total. The quantitative estimate of drug-likeness (QED) is 0.784. The van der Waals surface area contributed by atoms with Crippen LogP contribution in [0.5, 0.6) is 0 Å². The van der Waals surface area contributed by atoms with E-state index in [9.17, 15) is 4.79 Å². The van der Waals surface area contributed by atoms with E-state index in [-0.39, 0.29) is 12.1 Å². The third kappa shape index (κ3) is 3.34. The van der Waals surface area contributed by atoms with Gasteiger partial charge in [0, 0.05) is 12.6 Å². The number of hydrogen-bond acceptors (Lipinski definition) is 3. The third-order valence-corrected chi connectivity index (χ3v) is 6.62. The smallest absolute Gasteiger partial charge is 0.247 e. The standard InChI is InChI=1S/C19H31N3O/c23-19(9-7-14-4-2-1-3-5-14)22(18-10-11-20-21-18)17-13-15-6-8-16(17)12-15/h7,9,14-18,20-21H,1-6,8,10-13H2/b9-7+. The molecule has 23 heavy (non-hydrogen) atoms. The van der Waals surface area contributed by atoms with Crippen molar-refractivity contribution in [1.82, 2.24) is 15.8 Å². The van der Waals surface area contributed by atoms with Crippen molar-refractivity contribution in [2.45, 2.75) is 76.4 Å². The predicted octanol–water partition coefficient (Wildman–Crippen LogP) is 2.96. The maximum absolute atomic E-state index is 13.0. The lowest BCUT2D eigenvalue weighted by molar-refractivity contribution is -0.132. The van der Waals surface area contributed by atoms with Gasteiger partial charge >= 0.3 is 0 Å². The van der Waals surface area contributed by atoms with Crippen LogP contribution >= 0.6 is 0 Å². The number of hydrazine groups is 1. The second-order valence-electron chi connectivity index (χ2n) is 8.12. The highest BCUT2D eigenvalue weighted by Gasteiger charge is 2.45. The summed E-state index contributed by atoms with van der Waals surface area (Å²) >= 11 is 0. The zero-order valence-electron chi connectivity index (χ0n) is 14.2. The maximum Gasteiger partial charge on any atom is 0.247 e. The number of allylic oxidation sites excluding steroid dienone is 1. The number of carbonyl (C=O) groups excluding carboxylic acids is 1. The molecule has 3 aliphatic carbocycles. The highest BCUT2D eigenvalue weighted by atomic mass is 16.2. The second-order valence-corrected chi connectivity index (χ2v) is 8.12. The van der Waals surface area contributed by atoms with Crippen molar-refractivity contribution in [1.29, 1.82) is 0 Å². The predicted molar refractivity (Wildman–Crippen MR) is 91.3 cm³/mol. The van der Waals surface area contributed by atoms with Gasteiger partial charge in [-0.15, -0.1) is 0 Å². The Hall–Kier alpha value is -0.870. The molecule has 1 amide bonds. The van der Waals surface area contributed by atoms with Gasteiger partial charge in [0.05, 0.1) is 6.17 Å². The van der Waals surface area contributed by atoms with Gasteiger partial charge in [0.25, 0.3) is 0 Å². The molecule has 1 aliphatic heterocycles. The van der Waals surface area contributed by atoms with Gasteiger partial charge in [-0.2, -0.15) is 0 Å². The Morgan fingerprint density at radius 1 is 1.00 bits per heavy atom. The van der Waals surface area contributed by atoms with Crippen LogP contribution < -0.4 is 10.9 Å². The fraction of sp³-hybridized carbons (Fsp3) is 0.842. The molecule has 4 unspecified atom stereocenters. The molecule has 4 aliphatic rings. The Morgan fingerprint density at radius 3 is 2.52 bits per heavy atom. The van der Waals surface area contributed by atoms with Gasteiger partial charge in [-0.05, 0) is 62.4 Å². The molecule has 4 atom stereocenters. The molecule has 128 valence electrons. The number of hydrogen-bond donors (Lipinski definition) is 2. The highest BCUT2D eigenvalue weighted by Crippen LogP contribution is 2.47. The molecule has 0 spiro atoms. The summed E-state index contributed by atoms with van der Waals surface area (Å²) in [6, 6.07) is 0.467. The Bertz CT molecular complexity index is 452. The topological polar surface area (TPSA) is 44.4 Å². The molecule has 0 radical (unpaired) electrons. The van der Waals surface area contributed by atoms with Crippen molar-refractivity contribution in [2.24, 2.45) is 17.8 Å². The monoisotopic (exact) mass is 317 g/mol. The first-order valence-corrected chi connectivity index (χ1v) is 9.80. The first kappa shape index (κ1) is 15.6. The Morgan fingerprint density at radius 2 is 1.87 bits per heavy atom. The number of fused-ring (bicyclic) bond motifs is 2. The van der Waals surface area contributed by atoms with Crippen LogP contribution in [0.1, 0.15) is 64.2 Å². The molecule has 0 aromatic carbocycles. The van der Waals surface area contributed by atoms with Gasteiger partial charge < -0.3 is 4.90 Å². The Labute approximate surface area is 140 Å². The average molecular weight is 317 g/mol. The van der Waals surface area contributed by atoms with Gasteiger partial charge in [0.2, 0.25) is 5.91 Å². The van der Waals surface area contributed by atoms with Crippen LogP contribution in [-0.2, 0) is 4.79 Å². The minimum atomic E-state index is 0.183. The summed E-state index contributed by atoms with van der Waals surface area (Å²) in [5, 5.41) is 0. The molecule has 4 heteroatoms. The zero-order chi connectivity index (χ0) is 15.6. The van der Waals surface area contributed by atoms with Crippen molar-refractivity contribution < 1.29 is 4.79 Å². The fourth-order valence-corrected chi connectivity index (χ4v) is 5.41. The van der Waals surface area contributed by atoms with Crippen LogP contribution in [0.3, 0.4) is 0 Å². The summed E-state index contributed by atoms with van der Waals surface area (Å²) in [5.74, 6) is 2.49. The number of nitrogens with zero attached hydrogens (tertiary/aromatic N) is 1. The van der Waals surface area contributed by atoms with E-state index >= 15 is 0 Å². The van der Waals surface area contributed by atoms with E-state index in [2.05, 4.69) is 21.8 Å². The second kappa shape index (κ2) is 6.94. The van der Waals surface area contributed by atoms with Gasteiger partial charge in [0.1, 0.15) is 0 Å². The van der Waals surface area contributed by atoms with E-state index in [0.29, 0.717) is 12.0 Å². The lowest BCUT2D eigenvalue weighted by Crippen LogP contribution is -2.53. The van der Waals surface area contributed by atoms with E-state index in [0.717, 1.165) is 24.8 Å². The van der Waals surface area contributed by atoms with Crippen LogP contribution in [0.25, 0.3) is 0 Å². The molecule has 4 nitrogen and oxygen atoms in total. The third-order valence-electron chi connectivity index (χ3n) is 6.62. The summed E-state index contributed by atoms with van der Waals surface area (Å²) in [6.45, 7) is 0.960. The minimum Gasteiger partial charge on any atom is -0.319 e. The molecular formula is C19H31N3O. The normalized spacial score (nSPS) is 37.7. The van der Waals surface area contributed by atoms with Crippen molar-refractivity contribution in [3.8, 4) is 0 Å². The first-order chi connectivity index (χ1) is 11.3. The van der Waals surface area contributed by atoms with E-state index in [1.54, 1.807) is 0 Å². The number of carbonyl (C=O) groups is 1. The summed E-state index contributed by atoms with van der Waals surface area (Å²) in [5.41, 5.74) is 6.55. The molecule has 1 heterocycles. The van der Waals surface area contributed by atoms with Crippen LogP contribution in [0.15, 0.2) is 12.2 Å². The number of amides is 1. The largest absolute Gasteiger partial charge is 0.319 e. The molecule has 2 bridgehead atoms. The lowest BCUT2D eigenvalue weighted by atomic mass is 9.89. The average Bonchev–Trinajstić information content (AvgIpc) is 3.32. The van der Waals surface area contributed by atoms with Gasteiger partial charge in [-0.25, -0.2) is 5.43 Å². The van der Waals surface area contributed by atoms with E-state index in [1.165, 1.54) is 57.8 Å². The van der Waals surface area contributed by atoms with Gasteiger partial charge in [-0.3, -0.25) is 10.2 Å². The molecule has 4 fully saturated rings. The van der Waals surface area contributed by atoms with Crippen molar-refractivity contribution in [3.05, 3.63) is 12.2 Å². The van der Waals surface area contributed by atoms with Crippen LogP contribution in [0, 0.1) is 17.8 Å². The maximum atomic E-state index is 13.0. The lowest BCUT2D eigenvalue weighted by Gasteiger charge is -2.38. The SMILES string of the molecule is O=C(/C=C/C1CCCCC1)N(C1CCNN1)C1CC2CCC1C2. The molecule has 0 aromatic rings. The van der Waals surface area contributed by atoms with Crippen LogP contribution in [0.4, 0.5) is 0 Å². The first-order valence-electron chi connectivity index (χ1n) is 9.80. The summed E-state index contributed by atoms with van der Waals surface area (Å²) in [4.78, 5) is 15.2. The molecule has 4 rings (SSSR count). The van der Waals surface area contributed by atoms with Crippen LogP contribution in [0.2, 0.25) is 0 Å². The molecular weight excluding hydrogens is 286 g/mol. The molecule has 0 aromatic heterocycles. The van der Waals surface area contributed by atoms with Crippen LogP contribution in [-0.4, -0.2) is 29.6 Å². The highest BCUT2D eigenvalue weighted by molar-refractivity contribution is 5.88. The van der Waals surface area contributed by atoms with E-state index in [1.807, 2.05) is 6.08 Å². The molecule has 1 saturated heterocycles. The van der Waals surface area contributed by atoms with Crippen molar-refractivity contribution in [3.63, 3.8) is 0 Å². The summed E-state index contributed by atoms with van der Waals surface area (Å²) in [6.07, 6.45) is 17.2. The van der Waals surface area contributed by atoms with E-state index < -0.39 is 0 Å². The Balaban J connectivity index is 1.45. The fourth-order valence-electron chi connectivity index (χ4n) is 5.41. The van der Waals surface area contributed by atoms with Gasteiger partial charge in [0.15, 0.2) is 0 Å². The van der Waals surface area contributed by atoms with E-state index in [4.69, 9.17) is 0 Å². The minimum absolute atomic E-state index is 0.183. The van der Waals surface area contributed by atoms with Gasteiger partial charge in [-0.1, -0.05) is 31.8 Å². The van der Waals surface area contributed by atoms with Crippen molar-refractivity contribution in [2.75, 3.05) is 6.54 Å². The zero-order valence-corrected chi connectivity index (χ0v) is 14.2. The molecule has 3 saturated carbocycles. The summed E-state index contributed by atoms with van der Waals surface area (Å²) in [7, 11) is 0.